The minimum atomic E-state index is -0.722. The minimum Gasteiger partial charge on any atom is -0.444 e. The predicted molar refractivity (Wildman–Crippen MR) is 99.0 cm³/mol. The molecule has 0 bridgehead atoms. The first-order chi connectivity index (χ1) is 11.5. The van der Waals surface area contributed by atoms with E-state index >= 15 is 0 Å². The number of carbonyl (C=O) groups is 1. The molecule has 1 heterocycles. The standard InChI is InChI=1S/C19H31N3O3/c1-13-16(21-12-11-14-7-9-15(20)10-8-14)22(19(5,6)24-13)17(23)25-18(2,3)4/h7-10,13,16,21H,11-12,20H2,1-6H3/t13-,16-/m1/s1. The van der Waals surface area contributed by atoms with Crippen LogP contribution in [-0.2, 0) is 15.9 Å². The van der Waals surface area contributed by atoms with Gasteiger partial charge in [-0.3, -0.25) is 10.2 Å². The summed E-state index contributed by atoms with van der Waals surface area (Å²) in [5.74, 6) is 0. The van der Waals surface area contributed by atoms with Crippen LogP contribution in [0, 0.1) is 0 Å². The topological polar surface area (TPSA) is 76.8 Å². The lowest BCUT2D eigenvalue weighted by Crippen LogP contribution is -2.55. The van der Waals surface area contributed by atoms with E-state index in [2.05, 4.69) is 5.32 Å². The Balaban J connectivity index is 2.02. The molecule has 3 N–H and O–H groups in total. The Kier molecular flexibility index (Phi) is 5.64. The zero-order chi connectivity index (χ0) is 18.8. The molecule has 2 atom stereocenters. The van der Waals surface area contributed by atoms with E-state index in [1.807, 2.05) is 65.8 Å². The molecule has 0 saturated carbocycles. The van der Waals surface area contributed by atoms with Gasteiger partial charge in [-0.05, 0) is 65.7 Å². The fourth-order valence-corrected chi connectivity index (χ4v) is 3.07. The third-order valence-electron chi connectivity index (χ3n) is 4.11. The maximum Gasteiger partial charge on any atom is 0.413 e. The summed E-state index contributed by atoms with van der Waals surface area (Å²) in [6.45, 7) is 12.0. The summed E-state index contributed by atoms with van der Waals surface area (Å²) in [5, 5.41) is 3.44. The molecule has 1 amide bonds. The molecule has 2 rings (SSSR count). The lowest BCUT2D eigenvalue weighted by Gasteiger charge is -2.35. The molecule has 0 spiro atoms. The Bertz CT molecular complexity index is 593. The number of nitrogens with zero attached hydrogens (tertiary/aromatic N) is 1. The van der Waals surface area contributed by atoms with Gasteiger partial charge < -0.3 is 15.2 Å². The number of anilines is 1. The van der Waals surface area contributed by atoms with Crippen LogP contribution in [0.15, 0.2) is 24.3 Å². The average Bonchev–Trinajstić information content (AvgIpc) is 2.68. The van der Waals surface area contributed by atoms with Crippen molar-refractivity contribution in [2.24, 2.45) is 0 Å². The van der Waals surface area contributed by atoms with Gasteiger partial charge in [-0.1, -0.05) is 12.1 Å². The molecule has 0 aliphatic carbocycles. The van der Waals surface area contributed by atoms with Crippen LogP contribution < -0.4 is 11.1 Å². The number of nitrogen functional groups attached to an aromatic ring is 1. The summed E-state index contributed by atoms with van der Waals surface area (Å²) >= 11 is 0. The van der Waals surface area contributed by atoms with Gasteiger partial charge in [0, 0.05) is 12.2 Å². The summed E-state index contributed by atoms with van der Waals surface area (Å²) in [4.78, 5) is 14.3. The van der Waals surface area contributed by atoms with E-state index in [0.29, 0.717) is 0 Å². The van der Waals surface area contributed by atoms with Crippen molar-refractivity contribution < 1.29 is 14.3 Å². The first-order valence-electron chi connectivity index (χ1n) is 8.77. The van der Waals surface area contributed by atoms with Crippen molar-refractivity contribution in [1.29, 1.82) is 0 Å². The number of amides is 1. The molecule has 25 heavy (non-hydrogen) atoms. The zero-order valence-corrected chi connectivity index (χ0v) is 16.1. The molecule has 1 aromatic rings. The molecule has 1 aliphatic rings. The van der Waals surface area contributed by atoms with Crippen LogP contribution in [0.3, 0.4) is 0 Å². The summed E-state index contributed by atoms with van der Waals surface area (Å²) in [6.07, 6.45) is 0.103. The van der Waals surface area contributed by atoms with Gasteiger partial charge in [-0.15, -0.1) is 0 Å². The van der Waals surface area contributed by atoms with Crippen molar-refractivity contribution >= 4 is 11.8 Å². The Labute approximate surface area is 150 Å². The number of nitrogens with one attached hydrogen (secondary N) is 1. The third-order valence-corrected chi connectivity index (χ3v) is 4.11. The molecular weight excluding hydrogens is 318 g/mol. The molecule has 6 heteroatoms. The van der Waals surface area contributed by atoms with E-state index < -0.39 is 11.3 Å². The van der Waals surface area contributed by atoms with E-state index in [1.165, 1.54) is 5.56 Å². The Morgan fingerprint density at radius 2 is 1.92 bits per heavy atom. The summed E-state index contributed by atoms with van der Waals surface area (Å²) in [5.41, 5.74) is 6.39. The molecule has 0 aromatic heterocycles. The number of carbonyl (C=O) groups excluding carboxylic acids is 1. The summed E-state index contributed by atoms with van der Waals surface area (Å²) in [7, 11) is 0. The maximum atomic E-state index is 12.7. The van der Waals surface area contributed by atoms with Gasteiger partial charge in [-0.25, -0.2) is 4.79 Å². The van der Waals surface area contributed by atoms with Crippen LogP contribution in [0.2, 0.25) is 0 Å². The zero-order valence-electron chi connectivity index (χ0n) is 16.1. The first-order valence-corrected chi connectivity index (χ1v) is 8.77. The molecule has 1 aliphatic heterocycles. The van der Waals surface area contributed by atoms with Crippen LogP contribution in [0.25, 0.3) is 0 Å². The van der Waals surface area contributed by atoms with E-state index in [4.69, 9.17) is 15.2 Å². The maximum absolute atomic E-state index is 12.7. The van der Waals surface area contributed by atoms with Crippen LogP contribution in [0.1, 0.15) is 47.1 Å². The van der Waals surface area contributed by atoms with Crippen molar-refractivity contribution in [3.63, 3.8) is 0 Å². The molecule has 0 radical (unpaired) electrons. The fourth-order valence-electron chi connectivity index (χ4n) is 3.07. The van der Waals surface area contributed by atoms with E-state index in [9.17, 15) is 4.79 Å². The highest BCUT2D eigenvalue weighted by atomic mass is 16.6. The van der Waals surface area contributed by atoms with Crippen molar-refractivity contribution in [2.75, 3.05) is 12.3 Å². The summed E-state index contributed by atoms with van der Waals surface area (Å²) in [6, 6.07) is 7.82. The number of hydrogen-bond donors (Lipinski definition) is 2. The van der Waals surface area contributed by atoms with Crippen LogP contribution >= 0.6 is 0 Å². The highest BCUT2D eigenvalue weighted by molar-refractivity contribution is 5.69. The normalized spacial score (nSPS) is 22.9. The molecule has 6 nitrogen and oxygen atoms in total. The second-order valence-corrected chi connectivity index (χ2v) is 8.01. The predicted octanol–water partition coefficient (Wildman–Crippen LogP) is 3.12. The van der Waals surface area contributed by atoms with Crippen molar-refractivity contribution in [1.82, 2.24) is 10.2 Å². The molecule has 0 unspecified atom stereocenters. The van der Waals surface area contributed by atoms with E-state index in [-0.39, 0.29) is 18.4 Å². The number of nitrogens with two attached hydrogens (primary N) is 1. The SMILES string of the molecule is C[C@H]1OC(C)(C)N(C(=O)OC(C)(C)C)[C@H]1NCCc1ccc(N)cc1. The molecule has 1 saturated heterocycles. The highest BCUT2D eigenvalue weighted by Gasteiger charge is 2.49. The molecule has 1 fully saturated rings. The monoisotopic (exact) mass is 349 g/mol. The lowest BCUT2D eigenvalue weighted by molar-refractivity contribution is -0.0759. The van der Waals surface area contributed by atoms with Gasteiger partial charge >= 0.3 is 6.09 Å². The summed E-state index contributed by atoms with van der Waals surface area (Å²) < 4.78 is 11.5. The largest absolute Gasteiger partial charge is 0.444 e. The lowest BCUT2D eigenvalue weighted by atomic mass is 10.1. The average molecular weight is 349 g/mol. The smallest absolute Gasteiger partial charge is 0.413 e. The number of ether oxygens (including phenoxy) is 2. The fraction of sp³-hybridized carbons (Fsp3) is 0.632. The number of rotatable bonds is 4. The van der Waals surface area contributed by atoms with Gasteiger partial charge in [0.05, 0.1) is 6.10 Å². The van der Waals surface area contributed by atoms with E-state index in [0.717, 1.165) is 18.7 Å². The van der Waals surface area contributed by atoms with Gasteiger partial charge in [0.15, 0.2) is 0 Å². The first kappa shape index (κ1) is 19.5. The third kappa shape index (κ3) is 5.09. The second-order valence-electron chi connectivity index (χ2n) is 8.01. The second kappa shape index (κ2) is 7.22. The van der Waals surface area contributed by atoms with Gasteiger partial charge in [-0.2, -0.15) is 0 Å². The Morgan fingerprint density at radius 1 is 1.32 bits per heavy atom. The van der Waals surface area contributed by atoms with Crippen molar-refractivity contribution in [2.45, 2.75) is 71.6 Å². The van der Waals surface area contributed by atoms with Crippen LogP contribution in [0.4, 0.5) is 10.5 Å². The van der Waals surface area contributed by atoms with Crippen LogP contribution in [0.5, 0.6) is 0 Å². The molecule has 140 valence electrons. The molecular formula is C19H31N3O3. The number of benzene rings is 1. The Hall–Kier alpha value is -1.79. The van der Waals surface area contributed by atoms with Crippen molar-refractivity contribution in [3.8, 4) is 0 Å². The number of hydrogen-bond acceptors (Lipinski definition) is 5. The van der Waals surface area contributed by atoms with Gasteiger partial charge in [0.1, 0.15) is 17.5 Å². The quantitative estimate of drug-likeness (QED) is 0.817. The Morgan fingerprint density at radius 3 is 2.48 bits per heavy atom. The van der Waals surface area contributed by atoms with Gasteiger partial charge in [0.25, 0.3) is 0 Å². The molecule has 1 aromatic carbocycles. The highest BCUT2D eigenvalue weighted by Crippen LogP contribution is 2.32. The van der Waals surface area contributed by atoms with Gasteiger partial charge in [0.2, 0.25) is 0 Å². The van der Waals surface area contributed by atoms with Crippen LogP contribution in [-0.4, -0.2) is 41.1 Å². The minimum absolute atomic E-state index is 0.131. The van der Waals surface area contributed by atoms with Crippen molar-refractivity contribution in [3.05, 3.63) is 29.8 Å². The van der Waals surface area contributed by atoms with E-state index in [1.54, 1.807) is 4.90 Å².